The second-order valence-corrected chi connectivity index (χ2v) is 8.25. The summed E-state index contributed by atoms with van der Waals surface area (Å²) in [5.41, 5.74) is -0.257. The van der Waals surface area contributed by atoms with Gasteiger partial charge in [-0.1, -0.05) is 40.5 Å². The van der Waals surface area contributed by atoms with Gasteiger partial charge in [0.15, 0.2) is 0 Å². The Kier molecular flexibility index (Phi) is 5.70. The van der Waals surface area contributed by atoms with Crippen LogP contribution in [0.1, 0.15) is 66.2 Å². The van der Waals surface area contributed by atoms with Gasteiger partial charge in [0.1, 0.15) is 0 Å². The van der Waals surface area contributed by atoms with E-state index in [1.54, 1.807) is 0 Å². The first kappa shape index (κ1) is 16.8. The van der Waals surface area contributed by atoms with Crippen molar-refractivity contribution in [2.45, 2.75) is 72.3 Å². The number of amides is 1. The molecule has 122 valence electrons. The quantitative estimate of drug-likeness (QED) is 0.842. The van der Waals surface area contributed by atoms with Crippen LogP contribution in [0, 0.1) is 17.3 Å². The van der Waals surface area contributed by atoms with Gasteiger partial charge in [0.2, 0.25) is 5.91 Å². The third-order valence-corrected chi connectivity index (χ3v) is 5.08. The van der Waals surface area contributed by atoms with Crippen molar-refractivity contribution in [1.29, 1.82) is 0 Å². The molecule has 2 aliphatic rings. The Hall–Kier alpha value is -0.570. The van der Waals surface area contributed by atoms with Crippen LogP contribution in [0.3, 0.4) is 0 Å². The van der Waals surface area contributed by atoms with E-state index < -0.39 is 0 Å². The maximum absolute atomic E-state index is 12.6. The van der Waals surface area contributed by atoms with Crippen LogP contribution in [0.4, 0.5) is 0 Å². The lowest BCUT2D eigenvalue weighted by molar-refractivity contribution is -0.142. The second kappa shape index (κ2) is 7.13. The van der Waals surface area contributed by atoms with Crippen molar-refractivity contribution in [2.75, 3.05) is 19.6 Å². The molecular weight excluding hydrogens is 260 g/mol. The number of hydrogen-bond donors (Lipinski definition) is 1. The average molecular weight is 294 g/mol. The Morgan fingerprint density at radius 1 is 1.19 bits per heavy atom. The minimum absolute atomic E-state index is 0.257. The third-order valence-electron chi connectivity index (χ3n) is 5.08. The highest BCUT2D eigenvalue weighted by Crippen LogP contribution is 2.28. The van der Waals surface area contributed by atoms with Gasteiger partial charge in [0.25, 0.3) is 0 Å². The minimum Gasteiger partial charge on any atom is -0.340 e. The van der Waals surface area contributed by atoms with Gasteiger partial charge in [-0.3, -0.25) is 4.79 Å². The zero-order chi connectivity index (χ0) is 15.5. The largest absolute Gasteiger partial charge is 0.340 e. The van der Waals surface area contributed by atoms with Crippen molar-refractivity contribution in [1.82, 2.24) is 10.2 Å². The topological polar surface area (TPSA) is 32.3 Å². The highest BCUT2D eigenvalue weighted by molar-refractivity contribution is 5.81. The number of nitrogens with one attached hydrogen (secondary N) is 1. The number of carbonyl (C=O) groups is 1. The predicted octanol–water partition coefficient (Wildman–Crippen LogP) is 3.44. The smallest absolute Gasteiger partial charge is 0.228 e. The molecule has 2 fully saturated rings. The summed E-state index contributed by atoms with van der Waals surface area (Å²) < 4.78 is 0. The lowest BCUT2D eigenvalue weighted by Gasteiger charge is -2.41. The fourth-order valence-electron chi connectivity index (χ4n) is 3.64. The molecule has 0 aromatic heterocycles. The van der Waals surface area contributed by atoms with Crippen LogP contribution in [0.5, 0.6) is 0 Å². The lowest BCUT2D eigenvalue weighted by Crippen LogP contribution is -2.54. The second-order valence-electron chi connectivity index (χ2n) is 8.25. The molecule has 1 aliphatic carbocycles. The van der Waals surface area contributed by atoms with Gasteiger partial charge in [-0.15, -0.1) is 0 Å². The van der Waals surface area contributed by atoms with Gasteiger partial charge in [-0.25, -0.2) is 0 Å². The fourth-order valence-corrected chi connectivity index (χ4v) is 3.64. The van der Waals surface area contributed by atoms with Crippen molar-refractivity contribution < 1.29 is 4.79 Å². The van der Waals surface area contributed by atoms with Crippen molar-refractivity contribution >= 4 is 5.91 Å². The Bertz CT molecular complexity index is 344. The minimum atomic E-state index is -0.257. The van der Waals surface area contributed by atoms with E-state index in [2.05, 4.69) is 17.1 Å². The first-order chi connectivity index (χ1) is 9.90. The molecular formula is C18H34N2O. The third kappa shape index (κ3) is 4.70. The lowest BCUT2D eigenvalue weighted by atomic mass is 9.84. The van der Waals surface area contributed by atoms with Crippen LogP contribution in [0.2, 0.25) is 0 Å². The zero-order valence-corrected chi connectivity index (χ0v) is 14.5. The molecule has 1 amide bonds. The number of carbonyl (C=O) groups excluding carboxylic acids is 1. The van der Waals surface area contributed by atoms with Crippen LogP contribution in [-0.2, 0) is 4.79 Å². The van der Waals surface area contributed by atoms with E-state index in [9.17, 15) is 4.79 Å². The Morgan fingerprint density at radius 3 is 2.43 bits per heavy atom. The van der Waals surface area contributed by atoms with E-state index in [0.717, 1.165) is 25.6 Å². The van der Waals surface area contributed by atoms with E-state index in [1.165, 1.54) is 38.5 Å². The summed E-state index contributed by atoms with van der Waals surface area (Å²) in [7, 11) is 0. The first-order valence-electron chi connectivity index (χ1n) is 8.93. The van der Waals surface area contributed by atoms with Gasteiger partial charge in [0.05, 0.1) is 0 Å². The molecule has 0 aromatic rings. The van der Waals surface area contributed by atoms with Gasteiger partial charge < -0.3 is 10.2 Å². The summed E-state index contributed by atoms with van der Waals surface area (Å²) >= 11 is 0. The SMILES string of the molecule is CCCC1CC(NCC2CCC2)CN(C(=O)C(C)(C)C)C1. The van der Waals surface area contributed by atoms with E-state index in [-0.39, 0.29) is 5.41 Å². The summed E-state index contributed by atoms with van der Waals surface area (Å²) in [5, 5.41) is 3.75. The van der Waals surface area contributed by atoms with Gasteiger partial charge in [0, 0.05) is 24.5 Å². The van der Waals surface area contributed by atoms with Crippen LogP contribution in [0.25, 0.3) is 0 Å². The maximum atomic E-state index is 12.6. The van der Waals surface area contributed by atoms with Crippen LogP contribution >= 0.6 is 0 Å². The van der Waals surface area contributed by atoms with E-state index in [4.69, 9.17) is 0 Å². The highest BCUT2D eigenvalue weighted by atomic mass is 16.2. The molecule has 0 aromatic carbocycles. The van der Waals surface area contributed by atoms with Crippen LogP contribution < -0.4 is 5.32 Å². The Labute approximate surface area is 130 Å². The summed E-state index contributed by atoms with van der Waals surface area (Å²) in [6, 6.07) is 0.502. The Balaban J connectivity index is 1.91. The molecule has 2 atom stereocenters. The number of piperidine rings is 1. The van der Waals surface area contributed by atoms with E-state index in [0.29, 0.717) is 17.9 Å². The Morgan fingerprint density at radius 2 is 1.90 bits per heavy atom. The van der Waals surface area contributed by atoms with E-state index in [1.807, 2.05) is 20.8 Å². The molecule has 2 rings (SSSR count). The van der Waals surface area contributed by atoms with Crippen molar-refractivity contribution in [3.05, 3.63) is 0 Å². The van der Waals surface area contributed by atoms with Gasteiger partial charge in [-0.05, 0) is 44.1 Å². The summed E-state index contributed by atoms with van der Waals surface area (Å²) in [6.45, 7) is 11.4. The fraction of sp³-hybridized carbons (Fsp3) is 0.944. The molecule has 1 N–H and O–H groups in total. The molecule has 0 bridgehead atoms. The van der Waals surface area contributed by atoms with Gasteiger partial charge in [-0.2, -0.15) is 0 Å². The molecule has 1 saturated carbocycles. The molecule has 1 saturated heterocycles. The van der Waals surface area contributed by atoms with Crippen LogP contribution in [0.15, 0.2) is 0 Å². The zero-order valence-electron chi connectivity index (χ0n) is 14.5. The monoisotopic (exact) mass is 294 g/mol. The van der Waals surface area contributed by atoms with Crippen molar-refractivity contribution in [3.8, 4) is 0 Å². The summed E-state index contributed by atoms with van der Waals surface area (Å²) in [6.07, 6.45) is 7.90. The number of rotatable bonds is 5. The summed E-state index contributed by atoms with van der Waals surface area (Å²) in [5.74, 6) is 1.89. The molecule has 0 radical (unpaired) electrons. The number of hydrogen-bond acceptors (Lipinski definition) is 2. The maximum Gasteiger partial charge on any atom is 0.228 e. The molecule has 1 aliphatic heterocycles. The molecule has 3 heteroatoms. The molecule has 2 unspecified atom stereocenters. The number of likely N-dealkylation sites (tertiary alicyclic amines) is 1. The van der Waals surface area contributed by atoms with Crippen LogP contribution in [-0.4, -0.2) is 36.5 Å². The first-order valence-corrected chi connectivity index (χ1v) is 8.93. The average Bonchev–Trinajstić information content (AvgIpc) is 2.35. The predicted molar refractivity (Wildman–Crippen MR) is 88.2 cm³/mol. The normalized spacial score (nSPS) is 27.5. The van der Waals surface area contributed by atoms with E-state index >= 15 is 0 Å². The molecule has 3 nitrogen and oxygen atoms in total. The standard InChI is InChI=1S/C18H34N2O/c1-5-7-15-10-16(19-11-14-8-6-9-14)13-20(12-15)17(21)18(2,3)4/h14-16,19H,5-13H2,1-4H3. The molecule has 0 spiro atoms. The van der Waals surface area contributed by atoms with Crippen molar-refractivity contribution in [3.63, 3.8) is 0 Å². The summed E-state index contributed by atoms with van der Waals surface area (Å²) in [4.78, 5) is 14.7. The molecule has 21 heavy (non-hydrogen) atoms. The molecule has 1 heterocycles. The van der Waals surface area contributed by atoms with Crippen molar-refractivity contribution in [2.24, 2.45) is 17.3 Å². The number of nitrogens with zero attached hydrogens (tertiary/aromatic N) is 1. The van der Waals surface area contributed by atoms with Gasteiger partial charge >= 0.3 is 0 Å². The highest BCUT2D eigenvalue weighted by Gasteiger charge is 2.34.